The van der Waals surface area contributed by atoms with E-state index in [2.05, 4.69) is 32.4 Å². The van der Waals surface area contributed by atoms with Gasteiger partial charge in [-0.1, -0.05) is 6.92 Å². The van der Waals surface area contributed by atoms with Crippen LogP contribution in [0.1, 0.15) is 30.3 Å². The summed E-state index contributed by atoms with van der Waals surface area (Å²) in [6, 6.07) is 0.457. The van der Waals surface area contributed by atoms with Gasteiger partial charge >= 0.3 is 0 Å². The lowest BCUT2D eigenvalue weighted by molar-refractivity contribution is 0.0936. The second-order valence-corrected chi connectivity index (χ2v) is 4.67. The predicted molar refractivity (Wildman–Crippen MR) is 74.2 cm³/mol. The molecule has 6 heteroatoms. The van der Waals surface area contributed by atoms with Crippen molar-refractivity contribution in [3.63, 3.8) is 0 Å². The second-order valence-electron chi connectivity index (χ2n) is 4.67. The zero-order valence-corrected chi connectivity index (χ0v) is 11.5. The second kappa shape index (κ2) is 6.47. The minimum Gasteiger partial charge on any atom is -0.372 e. The highest BCUT2D eigenvalue weighted by atomic mass is 16.1. The molecule has 1 fully saturated rings. The van der Waals surface area contributed by atoms with Crippen LogP contribution in [-0.2, 0) is 0 Å². The molecule has 2 N–H and O–H groups in total. The highest BCUT2D eigenvalue weighted by molar-refractivity contribution is 5.92. The molecular weight excluding hydrogens is 242 g/mol. The van der Waals surface area contributed by atoms with Gasteiger partial charge in [-0.05, 0) is 25.9 Å². The van der Waals surface area contributed by atoms with Crippen LogP contribution in [0.5, 0.6) is 0 Å². The molecule has 0 saturated carbocycles. The topological polar surface area (TPSA) is 70.2 Å². The molecule has 1 atom stereocenters. The number of hydrogen-bond acceptors (Lipinski definition) is 5. The highest BCUT2D eigenvalue weighted by Crippen LogP contribution is 2.15. The lowest BCUT2D eigenvalue weighted by atomic mass is 10.2. The van der Waals surface area contributed by atoms with Crippen LogP contribution in [0.4, 0.5) is 5.82 Å². The Labute approximate surface area is 113 Å². The number of anilines is 1. The monoisotopic (exact) mass is 263 g/mol. The van der Waals surface area contributed by atoms with E-state index in [-0.39, 0.29) is 5.91 Å². The molecule has 1 saturated heterocycles. The molecule has 0 bridgehead atoms. The Morgan fingerprint density at radius 1 is 1.47 bits per heavy atom. The van der Waals surface area contributed by atoms with Crippen molar-refractivity contribution in [1.82, 2.24) is 20.2 Å². The predicted octanol–water partition coefficient (Wildman–Crippen LogP) is 0.732. The van der Waals surface area contributed by atoms with Crippen molar-refractivity contribution >= 4 is 11.7 Å². The van der Waals surface area contributed by atoms with Gasteiger partial charge in [0.25, 0.3) is 5.91 Å². The Kier molecular flexibility index (Phi) is 4.68. The van der Waals surface area contributed by atoms with Gasteiger partial charge in [0.05, 0.1) is 12.4 Å². The lowest BCUT2D eigenvalue weighted by Crippen LogP contribution is -2.40. The average Bonchev–Trinajstić information content (AvgIpc) is 2.92. The molecule has 1 amide bonds. The molecule has 0 spiro atoms. The van der Waals surface area contributed by atoms with Crippen LogP contribution in [0.2, 0.25) is 0 Å². The van der Waals surface area contributed by atoms with Gasteiger partial charge in [0.15, 0.2) is 0 Å². The zero-order valence-electron chi connectivity index (χ0n) is 11.5. The van der Waals surface area contributed by atoms with Crippen LogP contribution in [-0.4, -0.2) is 53.5 Å². The number of likely N-dealkylation sites (N-methyl/N-ethyl adjacent to an activating group) is 1. The van der Waals surface area contributed by atoms with Gasteiger partial charge in [-0.3, -0.25) is 9.69 Å². The van der Waals surface area contributed by atoms with Crippen LogP contribution in [0.15, 0.2) is 12.4 Å². The smallest absolute Gasteiger partial charge is 0.271 e. The summed E-state index contributed by atoms with van der Waals surface area (Å²) in [4.78, 5) is 22.5. The van der Waals surface area contributed by atoms with Crippen molar-refractivity contribution in [2.24, 2.45) is 0 Å². The van der Waals surface area contributed by atoms with Crippen molar-refractivity contribution in [1.29, 1.82) is 0 Å². The Morgan fingerprint density at radius 3 is 2.95 bits per heavy atom. The maximum Gasteiger partial charge on any atom is 0.271 e. The van der Waals surface area contributed by atoms with E-state index in [0.717, 1.165) is 19.5 Å². The fraction of sp³-hybridized carbons (Fsp3) is 0.615. The Morgan fingerprint density at radius 2 is 2.32 bits per heavy atom. The van der Waals surface area contributed by atoms with Crippen LogP contribution in [0, 0.1) is 0 Å². The van der Waals surface area contributed by atoms with E-state index in [1.807, 2.05) is 0 Å². The number of carbonyl (C=O) groups excluding carboxylic acids is 1. The number of nitrogens with one attached hydrogen (secondary N) is 2. The summed E-state index contributed by atoms with van der Waals surface area (Å²) >= 11 is 0. The molecule has 1 aromatic heterocycles. The molecule has 1 unspecified atom stereocenters. The minimum absolute atomic E-state index is 0.155. The van der Waals surface area contributed by atoms with Crippen molar-refractivity contribution in [2.75, 3.05) is 32.0 Å². The van der Waals surface area contributed by atoms with E-state index >= 15 is 0 Å². The number of hydrogen-bond donors (Lipinski definition) is 2. The molecule has 19 heavy (non-hydrogen) atoms. The summed E-state index contributed by atoms with van der Waals surface area (Å²) in [6.07, 6.45) is 5.42. The number of aromatic nitrogens is 2. The van der Waals surface area contributed by atoms with Crippen molar-refractivity contribution < 1.29 is 4.79 Å². The molecule has 2 rings (SSSR count). The van der Waals surface area contributed by atoms with Crippen molar-refractivity contribution in [2.45, 2.75) is 25.8 Å². The molecule has 1 aliphatic heterocycles. The summed E-state index contributed by atoms with van der Waals surface area (Å²) in [5, 5.41) is 5.81. The third-order valence-electron chi connectivity index (χ3n) is 3.54. The number of likely N-dealkylation sites (tertiary alicyclic amines) is 1. The standard InChI is InChI=1S/C13H21N5O/c1-3-18-6-4-5-10(18)7-17-13(19)11-8-16-12(14-2)9-15-11/h8-10H,3-7H2,1-2H3,(H,14,16)(H,17,19). The number of nitrogens with zero attached hydrogens (tertiary/aromatic N) is 3. The highest BCUT2D eigenvalue weighted by Gasteiger charge is 2.23. The van der Waals surface area contributed by atoms with Crippen molar-refractivity contribution in [3.05, 3.63) is 18.1 Å². The number of rotatable bonds is 5. The molecule has 1 aromatic rings. The third kappa shape index (κ3) is 3.41. The van der Waals surface area contributed by atoms with Gasteiger partial charge < -0.3 is 10.6 Å². The first-order valence-electron chi connectivity index (χ1n) is 6.76. The van der Waals surface area contributed by atoms with Gasteiger partial charge in [-0.2, -0.15) is 0 Å². The summed E-state index contributed by atoms with van der Waals surface area (Å²) < 4.78 is 0. The Bertz CT molecular complexity index is 420. The zero-order chi connectivity index (χ0) is 13.7. The molecule has 104 valence electrons. The van der Waals surface area contributed by atoms with E-state index in [1.165, 1.54) is 12.6 Å². The van der Waals surface area contributed by atoms with Crippen LogP contribution >= 0.6 is 0 Å². The molecular formula is C13H21N5O. The molecule has 0 aliphatic carbocycles. The van der Waals surface area contributed by atoms with E-state index in [4.69, 9.17) is 0 Å². The lowest BCUT2D eigenvalue weighted by Gasteiger charge is -2.22. The minimum atomic E-state index is -0.155. The van der Waals surface area contributed by atoms with E-state index in [0.29, 0.717) is 24.1 Å². The normalized spacial score (nSPS) is 19.4. The first-order chi connectivity index (χ1) is 9.24. The molecule has 0 radical (unpaired) electrons. The first-order valence-corrected chi connectivity index (χ1v) is 6.76. The molecule has 6 nitrogen and oxygen atoms in total. The fourth-order valence-corrected chi connectivity index (χ4v) is 2.42. The first kappa shape index (κ1) is 13.7. The van der Waals surface area contributed by atoms with Crippen molar-refractivity contribution in [3.8, 4) is 0 Å². The van der Waals surface area contributed by atoms with Gasteiger partial charge in [0.2, 0.25) is 0 Å². The molecule has 2 heterocycles. The Hall–Kier alpha value is -1.69. The molecule has 0 aromatic carbocycles. The van der Waals surface area contributed by atoms with Gasteiger partial charge in [-0.25, -0.2) is 9.97 Å². The number of amides is 1. The average molecular weight is 263 g/mol. The van der Waals surface area contributed by atoms with Gasteiger partial charge in [0.1, 0.15) is 11.5 Å². The number of carbonyl (C=O) groups is 1. The maximum atomic E-state index is 11.9. The summed E-state index contributed by atoms with van der Waals surface area (Å²) in [6.45, 7) is 5.01. The van der Waals surface area contributed by atoms with Crippen LogP contribution < -0.4 is 10.6 Å². The maximum absolute atomic E-state index is 11.9. The van der Waals surface area contributed by atoms with E-state index in [1.54, 1.807) is 13.2 Å². The van der Waals surface area contributed by atoms with Gasteiger partial charge in [0, 0.05) is 19.6 Å². The molecule has 1 aliphatic rings. The largest absolute Gasteiger partial charge is 0.372 e. The van der Waals surface area contributed by atoms with Crippen LogP contribution in [0.25, 0.3) is 0 Å². The van der Waals surface area contributed by atoms with Crippen LogP contribution in [0.3, 0.4) is 0 Å². The SMILES string of the molecule is CCN1CCCC1CNC(=O)c1cnc(NC)cn1. The summed E-state index contributed by atoms with van der Waals surface area (Å²) in [7, 11) is 1.77. The van der Waals surface area contributed by atoms with Gasteiger partial charge in [-0.15, -0.1) is 0 Å². The quantitative estimate of drug-likeness (QED) is 0.819. The summed E-state index contributed by atoms with van der Waals surface area (Å²) in [5.74, 6) is 0.502. The fourth-order valence-electron chi connectivity index (χ4n) is 2.42. The van der Waals surface area contributed by atoms with E-state index < -0.39 is 0 Å². The Balaban J connectivity index is 1.86. The third-order valence-corrected chi connectivity index (χ3v) is 3.54. The summed E-state index contributed by atoms with van der Waals surface area (Å²) in [5.41, 5.74) is 0.361. The van der Waals surface area contributed by atoms with E-state index in [9.17, 15) is 4.79 Å².